The second kappa shape index (κ2) is 7.34. The van der Waals surface area contributed by atoms with Crippen molar-refractivity contribution in [2.75, 3.05) is 0 Å². The number of halogens is 1. The maximum absolute atomic E-state index is 12.7. The first-order valence-electron chi connectivity index (χ1n) is 7.34. The fourth-order valence-electron chi connectivity index (χ4n) is 1.98. The van der Waals surface area contributed by atoms with Gasteiger partial charge in [0.15, 0.2) is 0 Å². The Kier molecular flexibility index (Phi) is 6.06. The third-order valence-electron chi connectivity index (χ3n) is 3.60. The average Bonchev–Trinajstić information content (AvgIpc) is 2.74. The summed E-state index contributed by atoms with van der Waals surface area (Å²) in [5, 5.41) is 4.15. The van der Waals surface area contributed by atoms with Gasteiger partial charge in [-0.05, 0) is 42.9 Å². The van der Waals surface area contributed by atoms with Gasteiger partial charge in [0.1, 0.15) is 0 Å². The third kappa shape index (κ3) is 4.66. The zero-order valence-corrected chi connectivity index (χ0v) is 14.1. The van der Waals surface area contributed by atoms with Crippen molar-refractivity contribution in [1.29, 1.82) is 0 Å². The van der Waals surface area contributed by atoms with Crippen molar-refractivity contribution in [3.05, 3.63) is 46.8 Å². The summed E-state index contributed by atoms with van der Waals surface area (Å²) < 4.78 is 14.6. The van der Waals surface area contributed by atoms with Crippen LogP contribution in [0.25, 0.3) is 0 Å². The molecule has 0 aromatic carbocycles. The Morgan fingerprint density at radius 3 is 2.00 bits per heavy atom. The summed E-state index contributed by atoms with van der Waals surface area (Å²) in [5.41, 5.74) is 4.33. The van der Waals surface area contributed by atoms with E-state index in [4.69, 9.17) is 0 Å². The van der Waals surface area contributed by atoms with Gasteiger partial charge in [-0.3, -0.25) is 4.68 Å². The van der Waals surface area contributed by atoms with Crippen LogP contribution in [0.15, 0.2) is 18.5 Å². The fraction of sp³-hybridized carbons (Fsp3) is 0.529. The summed E-state index contributed by atoms with van der Waals surface area (Å²) >= 11 is 0. The second-order valence-corrected chi connectivity index (χ2v) is 5.99. The highest BCUT2D eigenvalue weighted by molar-refractivity contribution is 5.20. The Morgan fingerprint density at radius 2 is 1.67 bits per heavy atom. The molecule has 4 heteroatoms. The van der Waals surface area contributed by atoms with Gasteiger partial charge in [-0.15, -0.1) is 0 Å². The van der Waals surface area contributed by atoms with Gasteiger partial charge in [0.25, 0.3) is 0 Å². The molecule has 0 atom stereocenters. The molecule has 0 aliphatic heterocycles. The van der Waals surface area contributed by atoms with E-state index in [2.05, 4.69) is 44.7 Å². The summed E-state index contributed by atoms with van der Waals surface area (Å²) in [5.74, 6) is 0.643. The van der Waals surface area contributed by atoms with E-state index in [0.717, 1.165) is 5.56 Å². The summed E-state index contributed by atoms with van der Waals surface area (Å²) in [6.45, 7) is 12.3. The van der Waals surface area contributed by atoms with Crippen LogP contribution in [0.3, 0.4) is 0 Å². The van der Waals surface area contributed by atoms with E-state index in [1.165, 1.54) is 11.3 Å². The molecule has 0 aliphatic rings. The van der Waals surface area contributed by atoms with Crippen molar-refractivity contribution in [3.63, 3.8) is 0 Å². The lowest BCUT2D eigenvalue weighted by molar-refractivity contribution is 0.571. The molecule has 2 aromatic rings. The van der Waals surface area contributed by atoms with Crippen molar-refractivity contribution in [3.8, 4) is 0 Å². The third-order valence-corrected chi connectivity index (χ3v) is 3.60. The number of aryl methyl sites for hydroxylation is 2. The van der Waals surface area contributed by atoms with Crippen LogP contribution in [0.2, 0.25) is 0 Å². The van der Waals surface area contributed by atoms with Gasteiger partial charge < -0.3 is 0 Å². The number of hydrogen-bond donors (Lipinski definition) is 0. The minimum absolute atomic E-state index is 0.366. The maximum atomic E-state index is 12.7. The second-order valence-electron chi connectivity index (χ2n) is 5.99. The molecule has 21 heavy (non-hydrogen) atoms. The largest absolute Gasteiger partial charge is 0.273 e. The van der Waals surface area contributed by atoms with Crippen LogP contribution in [-0.4, -0.2) is 14.8 Å². The van der Waals surface area contributed by atoms with Crippen LogP contribution >= 0.6 is 0 Å². The smallest absolute Gasteiger partial charge is 0.215 e. The maximum Gasteiger partial charge on any atom is 0.215 e. The lowest BCUT2D eigenvalue weighted by atomic mass is 10.0. The summed E-state index contributed by atoms with van der Waals surface area (Å²) in [6.07, 6.45) is 3.53. The number of pyridine rings is 1. The molecule has 2 aromatic heterocycles. The highest BCUT2D eigenvalue weighted by Crippen LogP contribution is 2.16. The van der Waals surface area contributed by atoms with Gasteiger partial charge in [0, 0.05) is 24.5 Å². The lowest BCUT2D eigenvalue weighted by Crippen LogP contribution is -1.94. The molecule has 3 nitrogen and oxygen atoms in total. The lowest BCUT2D eigenvalue weighted by Gasteiger charge is -2.04. The molecule has 0 aliphatic carbocycles. The van der Waals surface area contributed by atoms with Crippen LogP contribution in [0.4, 0.5) is 4.39 Å². The van der Waals surface area contributed by atoms with Crippen molar-refractivity contribution in [2.45, 2.75) is 53.4 Å². The first kappa shape index (κ1) is 17.3. The van der Waals surface area contributed by atoms with E-state index in [9.17, 15) is 4.39 Å². The van der Waals surface area contributed by atoms with Gasteiger partial charge in [0.2, 0.25) is 5.95 Å². The van der Waals surface area contributed by atoms with Crippen LogP contribution < -0.4 is 0 Å². The fourth-order valence-corrected chi connectivity index (χ4v) is 1.98. The predicted molar refractivity (Wildman–Crippen MR) is 85.1 cm³/mol. The molecule has 0 spiro atoms. The molecule has 0 bridgehead atoms. The van der Waals surface area contributed by atoms with Crippen LogP contribution in [-0.2, 0) is 7.05 Å². The molecule has 0 unspecified atom stereocenters. The zero-order valence-electron chi connectivity index (χ0n) is 14.1. The predicted octanol–water partition coefficient (Wildman–Crippen LogP) is 4.50. The van der Waals surface area contributed by atoms with Gasteiger partial charge in [-0.25, -0.2) is 4.98 Å². The summed E-state index contributed by atoms with van der Waals surface area (Å²) in [7, 11) is 1.97. The molecule has 2 rings (SSSR count). The van der Waals surface area contributed by atoms with E-state index in [1.54, 1.807) is 13.1 Å². The van der Waals surface area contributed by atoms with Crippen molar-refractivity contribution >= 4 is 0 Å². The topological polar surface area (TPSA) is 30.7 Å². The molecule has 0 saturated carbocycles. The van der Waals surface area contributed by atoms with Gasteiger partial charge >= 0.3 is 0 Å². The minimum Gasteiger partial charge on any atom is -0.273 e. The first-order chi connectivity index (χ1) is 9.73. The van der Waals surface area contributed by atoms with Crippen LogP contribution in [0.1, 0.15) is 61.9 Å². The van der Waals surface area contributed by atoms with E-state index >= 15 is 0 Å². The van der Waals surface area contributed by atoms with E-state index in [-0.39, 0.29) is 5.95 Å². The summed E-state index contributed by atoms with van der Waals surface area (Å²) in [4.78, 5) is 3.63. The Morgan fingerprint density at radius 1 is 1.05 bits per heavy atom. The summed E-state index contributed by atoms with van der Waals surface area (Å²) in [6, 6.07) is 1.84. The number of nitrogens with zero attached hydrogens (tertiary/aromatic N) is 3. The molecule has 2 heterocycles. The van der Waals surface area contributed by atoms with E-state index in [1.807, 2.05) is 24.0 Å². The highest BCUT2D eigenvalue weighted by atomic mass is 19.1. The zero-order chi connectivity index (χ0) is 16.2. The minimum atomic E-state index is -0.366. The molecule has 116 valence electrons. The monoisotopic (exact) mass is 291 g/mol. The SMILES string of the molecule is Cc1c(C(C)C)cnn1C.Cc1cc(C(C)C)cnc1F. The molecule has 0 N–H and O–H groups in total. The standard InChI is InChI=1S/C9H12FN.C8H14N2/c1-6(2)8-4-7(3)9(10)11-5-8;1-6(2)8-5-9-10(4)7(8)3/h4-6H,1-3H3;5-6H,1-4H3. The Hall–Kier alpha value is -1.71. The quantitative estimate of drug-likeness (QED) is 0.762. The number of aromatic nitrogens is 3. The average molecular weight is 291 g/mol. The highest BCUT2D eigenvalue weighted by Gasteiger charge is 2.06. The van der Waals surface area contributed by atoms with E-state index < -0.39 is 0 Å². The van der Waals surface area contributed by atoms with Crippen molar-refractivity contribution in [1.82, 2.24) is 14.8 Å². The van der Waals surface area contributed by atoms with Gasteiger partial charge in [-0.1, -0.05) is 27.7 Å². The molecule has 0 fully saturated rings. The number of hydrogen-bond acceptors (Lipinski definition) is 2. The Bertz CT molecular complexity index is 586. The first-order valence-corrected chi connectivity index (χ1v) is 7.34. The van der Waals surface area contributed by atoms with E-state index in [0.29, 0.717) is 17.4 Å². The molecule has 0 amide bonds. The van der Waals surface area contributed by atoms with Crippen LogP contribution in [0, 0.1) is 19.8 Å². The molecular weight excluding hydrogens is 265 g/mol. The Balaban J connectivity index is 0.000000211. The molecule has 0 radical (unpaired) electrons. The van der Waals surface area contributed by atoms with Crippen molar-refractivity contribution < 1.29 is 4.39 Å². The van der Waals surface area contributed by atoms with Gasteiger partial charge in [-0.2, -0.15) is 9.49 Å². The molecular formula is C17H26FN3. The van der Waals surface area contributed by atoms with Crippen LogP contribution in [0.5, 0.6) is 0 Å². The van der Waals surface area contributed by atoms with Gasteiger partial charge in [0.05, 0.1) is 6.20 Å². The number of rotatable bonds is 2. The molecule has 0 saturated heterocycles. The normalized spacial score (nSPS) is 10.8. The Labute approximate surface area is 127 Å². The van der Waals surface area contributed by atoms with Crippen molar-refractivity contribution in [2.24, 2.45) is 7.05 Å².